The highest BCUT2D eigenvalue weighted by Gasteiger charge is 2.09. The fraction of sp³-hybridized carbons (Fsp3) is 0.500. The third-order valence-corrected chi connectivity index (χ3v) is 4.04. The number of thiophene rings is 1. The van der Waals surface area contributed by atoms with Gasteiger partial charge in [0, 0.05) is 29.1 Å². The Morgan fingerprint density at radius 3 is 2.89 bits per heavy atom. The highest BCUT2D eigenvalue weighted by Crippen LogP contribution is 2.20. The highest BCUT2D eigenvalue weighted by molar-refractivity contribution is 7.10. The standard InChI is InChI=1S/C12H16ClN3OS.ClH/c1-8(14-2)5-11-15-12(17-16-11)4-3-10-6-9(13)7-18-10;/h6-8,14H,3-5H2,1-2H3;1H. The van der Waals surface area contributed by atoms with Crippen LogP contribution in [0.5, 0.6) is 0 Å². The number of hydrogen-bond donors (Lipinski definition) is 1. The van der Waals surface area contributed by atoms with Crippen molar-refractivity contribution in [2.75, 3.05) is 7.05 Å². The zero-order chi connectivity index (χ0) is 13.0. The Hall–Kier alpha value is -0.620. The van der Waals surface area contributed by atoms with Crippen LogP contribution in [0.4, 0.5) is 0 Å². The van der Waals surface area contributed by atoms with E-state index in [1.807, 2.05) is 18.5 Å². The minimum absolute atomic E-state index is 0. The molecular weight excluding hydrogens is 305 g/mol. The summed E-state index contributed by atoms with van der Waals surface area (Å²) in [6.07, 6.45) is 2.43. The van der Waals surface area contributed by atoms with Crippen molar-refractivity contribution in [1.29, 1.82) is 0 Å². The number of nitrogens with zero attached hydrogens (tertiary/aromatic N) is 2. The van der Waals surface area contributed by atoms with Gasteiger partial charge in [0.2, 0.25) is 5.89 Å². The van der Waals surface area contributed by atoms with Crippen LogP contribution < -0.4 is 5.32 Å². The molecule has 0 saturated carbocycles. The van der Waals surface area contributed by atoms with E-state index < -0.39 is 0 Å². The summed E-state index contributed by atoms with van der Waals surface area (Å²) in [7, 11) is 1.92. The summed E-state index contributed by atoms with van der Waals surface area (Å²) < 4.78 is 5.22. The van der Waals surface area contributed by atoms with E-state index in [2.05, 4.69) is 22.4 Å². The Bertz CT molecular complexity index is 501. The fourth-order valence-electron chi connectivity index (χ4n) is 1.57. The third kappa shape index (κ3) is 5.10. The van der Waals surface area contributed by atoms with Crippen LogP contribution in [0.2, 0.25) is 5.02 Å². The van der Waals surface area contributed by atoms with Gasteiger partial charge < -0.3 is 9.84 Å². The van der Waals surface area contributed by atoms with E-state index in [-0.39, 0.29) is 12.4 Å². The maximum Gasteiger partial charge on any atom is 0.227 e. The average molecular weight is 322 g/mol. The second kappa shape index (κ2) is 7.85. The number of nitrogens with one attached hydrogen (secondary N) is 1. The second-order valence-electron chi connectivity index (χ2n) is 4.23. The van der Waals surface area contributed by atoms with Crippen molar-refractivity contribution in [1.82, 2.24) is 15.5 Å². The van der Waals surface area contributed by atoms with Crippen LogP contribution in [0.25, 0.3) is 0 Å². The van der Waals surface area contributed by atoms with E-state index in [0.717, 1.165) is 30.1 Å². The molecule has 0 spiro atoms. The van der Waals surface area contributed by atoms with Gasteiger partial charge in [-0.3, -0.25) is 0 Å². The summed E-state index contributed by atoms with van der Waals surface area (Å²) >= 11 is 7.53. The van der Waals surface area contributed by atoms with E-state index in [0.29, 0.717) is 11.9 Å². The van der Waals surface area contributed by atoms with Gasteiger partial charge in [-0.05, 0) is 26.5 Å². The predicted molar refractivity (Wildman–Crippen MR) is 80.5 cm³/mol. The van der Waals surface area contributed by atoms with Crippen molar-refractivity contribution in [3.8, 4) is 0 Å². The average Bonchev–Trinajstić information content (AvgIpc) is 2.96. The normalized spacial score (nSPS) is 12.2. The predicted octanol–water partition coefficient (Wildman–Crippen LogP) is 3.14. The fourth-order valence-corrected chi connectivity index (χ4v) is 2.64. The second-order valence-corrected chi connectivity index (χ2v) is 5.66. The minimum Gasteiger partial charge on any atom is -0.339 e. The Labute approximate surface area is 128 Å². The van der Waals surface area contributed by atoms with Gasteiger partial charge in [0.1, 0.15) is 0 Å². The Kier molecular flexibility index (Phi) is 6.79. The lowest BCUT2D eigenvalue weighted by Crippen LogP contribution is -2.24. The molecule has 0 radical (unpaired) electrons. The lowest BCUT2D eigenvalue weighted by molar-refractivity contribution is 0.371. The van der Waals surface area contributed by atoms with Crippen molar-refractivity contribution >= 4 is 35.3 Å². The molecular formula is C12H17Cl2N3OS. The minimum atomic E-state index is 0. The molecule has 0 saturated heterocycles. The summed E-state index contributed by atoms with van der Waals surface area (Å²) in [6.45, 7) is 2.09. The Morgan fingerprint density at radius 2 is 2.26 bits per heavy atom. The van der Waals surface area contributed by atoms with Gasteiger partial charge in [-0.1, -0.05) is 16.8 Å². The van der Waals surface area contributed by atoms with E-state index in [4.69, 9.17) is 16.1 Å². The van der Waals surface area contributed by atoms with Crippen LogP contribution in [0.3, 0.4) is 0 Å². The van der Waals surface area contributed by atoms with Crippen LogP contribution >= 0.6 is 35.3 Å². The first-order valence-electron chi connectivity index (χ1n) is 5.89. The van der Waals surface area contributed by atoms with E-state index in [1.165, 1.54) is 4.88 Å². The smallest absolute Gasteiger partial charge is 0.227 e. The van der Waals surface area contributed by atoms with Crippen LogP contribution in [-0.4, -0.2) is 23.2 Å². The number of likely N-dealkylation sites (N-methyl/N-ethyl adjacent to an activating group) is 1. The molecule has 2 heterocycles. The lowest BCUT2D eigenvalue weighted by atomic mass is 10.2. The molecule has 2 aromatic rings. The molecule has 7 heteroatoms. The summed E-state index contributed by atoms with van der Waals surface area (Å²) in [6, 6.07) is 2.33. The molecule has 19 heavy (non-hydrogen) atoms. The van der Waals surface area contributed by atoms with Gasteiger partial charge in [0.15, 0.2) is 5.82 Å². The molecule has 0 amide bonds. The van der Waals surface area contributed by atoms with E-state index in [9.17, 15) is 0 Å². The quantitative estimate of drug-likeness (QED) is 0.888. The molecule has 0 aromatic carbocycles. The molecule has 0 aliphatic rings. The lowest BCUT2D eigenvalue weighted by Gasteiger charge is -2.04. The van der Waals surface area contributed by atoms with Crippen molar-refractivity contribution in [2.24, 2.45) is 0 Å². The number of hydrogen-bond acceptors (Lipinski definition) is 5. The van der Waals surface area contributed by atoms with Gasteiger partial charge in [-0.15, -0.1) is 23.7 Å². The first kappa shape index (κ1) is 16.4. The molecule has 4 nitrogen and oxygen atoms in total. The number of halogens is 2. The van der Waals surface area contributed by atoms with Crippen molar-refractivity contribution in [3.63, 3.8) is 0 Å². The topological polar surface area (TPSA) is 51.0 Å². The molecule has 1 atom stereocenters. The van der Waals surface area contributed by atoms with Crippen molar-refractivity contribution < 1.29 is 4.52 Å². The molecule has 1 N–H and O–H groups in total. The van der Waals surface area contributed by atoms with Crippen LogP contribution in [0.1, 0.15) is 23.5 Å². The molecule has 2 rings (SSSR count). The monoisotopic (exact) mass is 321 g/mol. The molecule has 1 unspecified atom stereocenters. The zero-order valence-corrected chi connectivity index (χ0v) is 13.2. The van der Waals surface area contributed by atoms with Crippen LogP contribution in [0, 0.1) is 0 Å². The molecule has 0 bridgehead atoms. The summed E-state index contributed by atoms with van der Waals surface area (Å²) in [4.78, 5) is 5.61. The van der Waals surface area contributed by atoms with E-state index in [1.54, 1.807) is 11.3 Å². The molecule has 106 valence electrons. The summed E-state index contributed by atoms with van der Waals surface area (Å²) in [5.74, 6) is 1.45. The first-order chi connectivity index (χ1) is 8.67. The molecule has 0 fully saturated rings. The molecule has 0 aliphatic carbocycles. The molecule has 2 aromatic heterocycles. The summed E-state index contributed by atoms with van der Waals surface area (Å²) in [5, 5.41) is 9.85. The van der Waals surface area contributed by atoms with Gasteiger partial charge >= 0.3 is 0 Å². The Morgan fingerprint density at radius 1 is 1.47 bits per heavy atom. The highest BCUT2D eigenvalue weighted by atomic mass is 35.5. The van der Waals surface area contributed by atoms with Gasteiger partial charge in [-0.2, -0.15) is 4.98 Å². The molecule has 0 aliphatic heterocycles. The number of aryl methyl sites for hydroxylation is 2. The van der Waals surface area contributed by atoms with Crippen molar-refractivity contribution in [2.45, 2.75) is 32.2 Å². The number of rotatable bonds is 6. The first-order valence-corrected chi connectivity index (χ1v) is 7.14. The van der Waals surface area contributed by atoms with Gasteiger partial charge in [0.25, 0.3) is 0 Å². The SMILES string of the molecule is CNC(C)Cc1noc(CCc2cc(Cl)cs2)n1.Cl. The zero-order valence-electron chi connectivity index (χ0n) is 10.9. The van der Waals surface area contributed by atoms with Gasteiger partial charge in [0.05, 0.1) is 5.02 Å². The van der Waals surface area contributed by atoms with Gasteiger partial charge in [-0.25, -0.2) is 0 Å². The summed E-state index contributed by atoms with van der Waals surface area (Å²) in [5.41, 5.74) is 0. The maximum atomic E-state index is 5.87. The van der Waals surface area contributed by atoms with Crippen molar-refractivity contribution in [3.05, 3.63) is 33.1 Å². The Balaban J connectivity index is 0.00000180. The van der Waals surface area contributed by atoms with Crippen LogP contribution in [0.15, 0.2) is 16.0 Å². The van der Waals surface area contributed by atoms with Crippen LogP contribution in [-0.2, 0) is 19.3 Å². The van der Waals surface area contributed by atoms with E-state index >= 15 is 0 Å². The third-order valence-electron chi connectivity index (χ3n) is 2.70. The number of aromatic nitrogens is 2. The largest absolute Gasteiger partial charge is 0.339 e. The maximum absolute atomic E-state index is 5.87.